The molecule has 2 fully saturated rings. The summed E-state index contributed by atoms with van der Waals surface area (Å²) in [5, 5.41) is 11.7. The van der Waals surface area contributed by atoms with Gasteiger partial charge in [0, 0.05) is 32.7 Å². The zero-order valence-corrected chi connectivity index (χ0v) is 11.8. The second kappa shape index (κ2) is 7.47. The third kappa shape index (κ3) is 4.67. The van der Waals surface area contributed by atoms with E-state index in [1.165, 1.54) is 0 Å². The van der Waals surface area contributed by atoms with Crippen molar-refractivity contribution in [3.05, 3.63) is 0 Å². The molecule has 0 saturated carbocycles. The quantitative estimate of drug-likeness (QED) is 0.819. The largest absolute Gasteiger partial charge is 0.481 e. The van der Waals surface area contributed by atoms with Crippen molar-refractivity contribution in [3.8, 4) is 0 Å². The Balaban J connectivity index is 1.72. The van der Waals surface area contributed by atoms with Crippen LogP contribution in [0.25, 0.3) is 0 Å². The monoisotopic (exact) mass is 284 g/mol. The summed E-state index contributed by atoms with van der Waals surface area (Å²) in [4.78, 5) is 24.6. The fraction of sp³-hybridized carbons (Fsp3) is 0.857. The number of carboxylic acid groups (broad SMARTS) is 1. The van der Waals surface area contributed by atoms with Gasteiger partial charge in [-0.05, 0) is 38.0 Å². The molecule has 0 spiro atoms. The zero-order valence-electron chi connectivity index (χ0n) is 11.8. The normalized spacial score (nSPS) is 27.1. The minimum Gasteiger partial charge on any atom is -0.481 e. The van der Waals surface area contributed by atoms with Crippen LogP contribution >= 0.6 is 0 Å². The molecule has 0 aliphatic carbocycles. The number of urea groups is 1. The van der Waals surface area contributed by atoms with Crippen LogP contribution in [-0.2, 0) is 9.53 Å². The van der Waals surface area contributed by atoms with Gasteiger partial charge in [0.25, 0.3) is 0 Å². The lowest BCUT2D eigenvalue weighted by molar-refractivity contribution is -0.138. The minimum absolute atomic E-state index is 0.0814. The number of carbonyl (C=O) groups excluding carboxylic acids is 1. The van der Waals surface area contributed by atoms with Crippen molar-refractivity contribution in [2.75, 3.05) is 26.2 Å². The van der Waals surface area contributed by atoms with E-state index in [9.17, 15) is 9.59 Å². The van der Waals surface area contributed by atoms with Crippen LogP contribution in [0.3, 0.4) is 0 Å². The van der Waals surface area contributed by atoms with Gasteiger partial charge >= 0.3 is 12.0 Å². The highest BCUT2D eigenvalue weighted by Gasteiger charge is 2.25. The van der Waals surface area contributed by atoms with E-state index in [-0.39, 0.29) is 24.5 Å². The first kappa shape index (κ1) is 15.1. The van der Waals surface area contributed by atoms with Gasteiger partial charge in [-0.1, -0.05) is 0 Å². The predicted molar refractivity (Wildman–Crippen MR) is 73.5 cm³/mol. The van der Waals surface area contributed by atoms with E-state index >= 15 is 0 Å². The van der Waals surface area contributed by atoms with Gasteiger partial charge in [0.1, 0.15) is 0 Å². The summed E-state index contributed by atoms with van der Waals surface area (Å²) in [7, 11) is 0. The van der Waals surface area contributed by atoms with Gasteiger partial charge in [-0.2, -0.15) is 0 Å². The molecule has 114 valence electrons. The van der Waals surface area contributed by atoms with Gasteiger partial charge in [0.15, 0.2) is 0 Å². The number of nitrogens with zero attached hydrogens (tertiary/aromatic N) is 1. The van der Waals surface area contributed by atoms with Gasteiger partial charge < -0.3 is 20.1 Å². The van der Waals surface area contributed by atoms with Crippen LogP contribution in [-0.4, -0.2) is 54.4 Å². The molecular formula is C14H24N2O4. The standard InChI is InChI=1S/C14H24N2O4/c17-13(18)8-11-4-3-6-16(10-11)14(19)15-9-12-5-1-2-7-20-12/h11-12H,1-10H2,(H,15,19)(H,17,18). The van der Waals surface area contributed by atoms with Crippen molar-refractivity contribution in [2.24, 2.45) is 5.92 Å². The molecule has 0 aromatic rings. The van der Waals surface area contributed by atoms with E-state index < -0.39 is 5.97 Å². The second-order valence-electron chi connectivity index (χ2n) is 5.73. The Kier molecular flexibility index (Phi) is 5.64. The van der Waals surface area contributed by atoms with E-state index in [2.05, 4.69) is 5.32 Å². The molecule has 2 atom stereocenters. The van der Waals surface area contributed by atoms with Crippen LogP contribution in [0.4, 0.5) is 4.79 Å². The van der Waals surface area contributed by atoms with E-state index in [1.54, 1.807) is 4.90 Å². The number of likely N-dealkylation sites (tertiary alicyclic amines) is 1. The lowest BCUT2D eigenvalue weighted by Gasteiger charge is -2.32. The van der Waals surface area contributed by atoms with Gasteiger partial charge in [-0.15, -0.1) is 0 Å². The van der Waals surface area contributed by atoms with E-state index in [4.69, 9.17) is 9.84 Å². The van der Waals surface area contributed by atoms with Crippen LogP contribution < -0.4 is 5.32 Å². The maximum absolute atomic E-state index is 12.1. The number of ether oxygens (including phenoxy) is 1. The zero-order chi connectivity index (χ0) is 14.4. The number of carboxylic acids is 1. The van der Waals surface area contributed by atoms with Crippen LogP contribution in [0.15, 0.2) is 0 Å². The highest BCUT2D eigenvalue weighted by molar-refractivity contribution is 5.74. The number of aliphatic carboxylic acids is 1. The lowest BCUT2D eigenvalue weighted by Crippen LogP contribution is -2.48. The van der Waals surface area contributed by atoms with Crippen molar-refractivity contribution >= 4 is 12.0 Å². The number of rotatable bonds is 4. The number of hydrogen-bond acceptors (Lipinski definition) is 3. The Hall–Kier alpha value is -1.30. The molecule has 6 heteroatoms. The summed E-state index contributed by atoms with van der Waals surface area (Å²) in [5.74, 6) is -0.703. The van der Waals surface area contributed by atoms with E-state index in [0.717, 1.165) is 38.7 Å². The maximum atomic E-state index is 12.1. The van der Waals surface area contributed by atoms with Crippen molar-refractivity contribution in [1.29, 1.82) is 0 Å². The van der Waals surface area contributed by atoms with Gasteiger partial charge in [0.05, 0.1) is 6.10 Å². The first-order valence-electron chi connectivity index (χ1n) is 7.51. The van der Waals surface area contributed by atoms with Crippen molar-refractivity contribution < 1.29 is 19.4 Å². The van der Waals surface area contributed by atoms with Crippen molar-refractivity contribution in [2.45, 2.75) is 44.6 Å². The topological polar surface area (TPSA) is 78.9 Å². The molecule has 2 aliphatic heterocycles. The third-order valence-corrected chi connectivity index (χ3v) is 4.02. The van der Waals surface area contributed by atoms with Crippen LogP contribution in [0.1, 0.15) is 38.5 Å². The Morgan fingerprint density at radius 2 is 2.10 bits per heavy atom. The molecule has 2 saturated heterocycles. The molecule has 20 heavy (non-hydrogen) atoms. The Morgan fingerprint density at radius 1 is 1.25 bits per heavy atom. The van der Waals surface area contributed by atoms with Gasteiger partial charge in [-0.25, -0.2) is 4.79 Å². The molecule has 2 unspecified atom stereocenters. The predicted octanol–water partition coefficient (Wildman–Crippen LogP) is 1.45. The maximum Gasteiger partial charge on any atom is 0.317 e. The fourth-order valence-electron chi connectivity index (χ4n) is 2.94. The number of nitrogens with one attached hydrogen (secondary N) is 1. The Morgan fingerprint density at radius 3 is 2.80 bits per heavy atom. The molecule has 2 amide bonds. The highest BCUT2D eigenvalue weighted by atomic mass is 16.5. The SMILES string of the molecule is O=C(O)CC1CCCN(C(=O)NCC2CCCCO2)C1. The number of carbonyl (C=O) groups is 2. The summed E-state index contributed by atoms with van der Waals surface area (Å²) in [6.07, 6.45) is 5.32. The molecule has 6 nitrogen and oxygen atoms in total. The molecular weight excluding hydrogens is 260 g/mol. The summed E-state index contributed by atoms with van der Waals surface area (Å²) in [6.45, 7) is 2.60. The third-order valence-electron chi connectivity index (χ3n) is 4.02. The van der Waals surface area contributed by atoms with Crippen LogP contribution in [0.2, 0.25) is 0 Å². The molecule has 0 aromatic carbocycles. The van der Waals surface area contributed by atoms with Gasteiger partial charge in [-0.3, -0.25) is 4.79 Å². The first-order chi connectivity index (χ1) is 9.65. The molecule has 0 aromatic heterocycles. The van der Waals surface area contributed by atoms with Crippen molar-refractivity contribution in [1.82, 2.24) is 10.2 Å². The highest BCUT2D eigenvalue weighted by Crippen LogP contribution is 2.19. The van der Waals surface area contributed by atoms with Crippen molar-refractivity contribution in [3.63, 3.8) is 0 Å². The molecule has 2 aliphatic rings. The molecule has 0 radical (unpaired) electrons. The fourth-order valence-corrected chi connectivity index (χ4v) is 2.94. The average molecular weight is 284 g/mol. The minimum atomic E-state index is -0.784. The van der Waals surface area contributed by atoms with Gasteiger partial charge in [0.2, 0.25) is 0 Å². The van der Waals surface area contributed by atoms with Crippen LogP contribution in [0, 0.1) is 5.92 Å². The smallest absolute Gasteiger partial charge is 0.317 e. The summed E-state index contributed by atoms with van der Waals surface area (Å²) in [5.41, 5.74) is 0. The average Bonchev–Trinajstić information content (AvgIpc) is 2.45. The molecule has 0 bridgehead atoms. The first-order valence-corrected chi connectivity index (χ1v) is 7.51. The Labute approximate surface area is 119 Å². The number of hydrogen-bond donors (Lipinski definition) is 2. The summed E-state index contributed by atoms with van der Waals surface area (Å²) in [6, 6.07) is -0.0886. The van der Waals surface area contributed by atoms with E-state index in [1.807, 2.05) is 0 Å². The van der Waals surface area contributed by atoms with E-state index in [0.29, 0.717) is 19.6 Å². The lowest BCUT2D eigenvalue weighted by atomic mass is 9.95. The summed E-state index contributed by atoms with van der Waals surface area (Å²) < 4.78 is 5.58. The molecule has 2 heterocycles. The molecule has 2 rings (SSSR count). The number of amides is 2. The second-order valence-corrected chi connectivity index (χ2v) is 5.73. The Bertz CT molecular complexity index is 342. The molecule has 2 N–H and O–H groups in total. The number of piperidine rings is 1. The summed E-state index contributed by atoms with van der Waals surface area (Å²) >= 11 is 0. The van der Waals surface area contributed by atoms with Crippen LogP contribution in [0.5, 0.6) is 0 Å².